The lowest BCUT2D eigenvalue weighted by Gasteiger charge is -2.46. The third-order valence-corrected chi connectivity index (χ3v) is 13.7. The molecule has 0 radical (unpaired) electrons. The number of nitrogens with one attached hydrogen (secondary N) is 1. The van der Waals surface area contributed by atoms with Crippen LogP contribution in [0.4, 0.5) is 21.9 Å². The SMILES string of the molecule is COCCOC(=O)N1C(=O)[C@@]2(c3cc(C#CCC(C(=O)OC)C(=O)OC)ccc31)[C@H](C(=O)Nc1ccc(N3CCOCC3)cc1)[C@H]1C(=O)O[C@H](c3ccccc3)[C@H](c3ccccc3)N1[C@@H]2c1ccc(O)cc1. The Hall–Kier alpha value is -8.04. The summed E-state index contributed by atoms with van der Waals surface area (Å²) >= 11 is 0. The lowest BCUT2D eigenvalue weighted by molar-refractivity contribution is -0.178. The lowest BCUT2D eigenvalue weighted by Crippen LogP contribution is -2.54. The average molecular weight is 977 g/mol. The van der Waals surface area contributed by atoms with Gasteiger partial charge in [0.05, 0.1) is 57.7 Å². The van der Waals surface area contributed by atoms with Crippen molar-refractivity contribution < 1.29 is 62.3 Å². The van der Waals surface area contributed by atoms with E-state index in [0.29, 0.717) is 48.7 Å². The van der Waals surface area contributed by atoms with E-state index in [1.165, 1.54) is 25.3 Å². The molecular weight excluding hydrogens is 925 g/mol. The number of methoxy groups -OCH3 is 3. The summed E-state index contributed by atoms with van der Waals surface area (Å²) < 4.78 is 32.6. The van der Waals surface area contributed by atoms with E-state index >= 15 is 14.4 Å². The number of nitrogens with zero attached hydrogens (tertiary/aromatic N) is 3. The van der Waals surface area contributed by atoms with Gasteiger partial charge in [-0.3, -0.25) is 28.9 Å². The van der Waals surface area contributed by atoms with Crippen molar-refractivity contribution in [3.63, 3.8) is 0 Å². The second kappa shape index (κ2) is 21.1. The zero-order chi connectivity index (χ0) is 50.5. The predicted octanol–water partition coefficient (Wildman–Crippen LogP) is 6.02. The van der Waals surface area contributed by atoms with Gasteiger partial charge in [0.25, 0.3) is 0 Å². The quantitative estimate of drug-likeness (QED) is 0.0483. The van der Waals surface area contributed by atoms with Crippen LogP contribution in [0.5, 0.6) is 5.75 Å². The number of imide groups is 1. The number of benzene rings is 5. The number of fused-ring (bicyclic) bond motifs is 3. The minimum atomic E-state index is -2.18. The molecule has 72 heavy (non-hydrogen) atoms. The minimum absolute atomic E-state index is 0.00521. The van der Waals surface area contributed by atoms with Crippen LogP contribution in [0.25, 0.3) is 0 Å². The number of phenols is 1. The number of hydrogen-bond donors (Lipinski definition) is 2. The number of rotatable bonds is 12. The van der Waals surface area contributed by atoms with Gasteiger partial charge in [0.2, 0.25) is 11.8 Å². The number of esters is 3. The molecule has 0 saturated carbocycles. The highest BCUT2D eigenvalue weighted by Crippen LogP contribution is 2.66. The Balaban J connectivity index is 1.30. The van der Waals surface area contributed by atoms with Crippen LogP contribution in [-0.4, -0.2) is 113 Å². The smallest absolute Gasteiger partial charge is 0.421 e. The maximum Gasteiger partial charge on any atom is 0.421 e. The van der Waals surface area contributed by atoms with Gasteiger partial charge < -0.3 is 43.7 Å². The first kappa shape index (κ1) is 49.0. The molecule has 3 amide bonds. The molecule has 3 fully saturated rings. The van der Waals surface area contributed by atoms with Gasteiger partial charge >= 0.3 is 24.0 Å². The number of carbonyl (C=O) groups is 6. The number of ether oxygens (including phenoxy) is 6. The number of carbonyl (C=O) groups excluding carboxylic acids is 6. The highest BCUT2D eigenvalue weighted by atomic mass is 16.6. The molecule has 6 atom stereocenters. The fourth-order valence-corrected chi connectivity index (χ4v) is 10.5. The van der Waals surface area contributed by atoms with Crippen molar-refractivity contribution in [3.05, 3.63) is 155 Å². The number of cyclic esters (lactones) is 1. The molecule has 370 valence electrons. The zero-order valence-corrected chi connectivity index (χ0v) is 39.7. The van der Waals surface area contributed by atoms with E-state index in [4.69, 9.17) is 28.4 Å². The molecule has 17 heteroatoms. The number of hydrogen-bond acceptors (Lipinski definition) is 15. The molecular formula is C55H52N4O13. The normalized spacial score (nSPS) is 22.3. The van der Waals surface area contributed by atoms with Crippen LogP contribution < -0.4 is 15.1 Å². The Labute approximate surface area is 415 Å². The number of morpholine rings is 2. The molecule has 0 aliphatic carbocycles. The van der Waals surface area contributed by atoms with E-state index in [-0.39, 0.29) is 42.2 Å². The van der Waals surface area contributed by atoms with Crippen LogP contribution in [0.3, 0.4) is 0 Å². The van der Waals surface area contributed by atoms with Crippen LogP contribution in [0.15, 0.2) is 127 Å². The fraction of sp³-hybridized carbons (Fsp3) is 0.309. The van der Waals surface area contributed by atoms with E-state index in [1.54, 1.807) is 36.4 Å². The van der Waals surface area contributed by atoms with Crippen molar-refractivity contribution in [3.8, 4) is 17.6 Å². The highest BCUT2D eigenvalue weighted by Gasteiger charge is 2.75. The summed E-state index contributed by atoms with van der Waals surface area (Å²) in [5.74, 6) is -1.36. The number of anilines is 3. The largest absolute Gasteiger partial charge is 0.508 e. The molecule has 5 aromatic carbocycles. The third kappa shape index (κ3) is 9.00. The first-order valence-corrected chi connectivity index (χ1v) is 23.4. The third-order valence-electron chi connectivity index (χ3n) is 13.7. The van der Waals surface area contributed by atoms with Gasteiger partial charge in [-0.2, -0.15) is 0 Å². The van der Waals surface area contributed by atoms with Gasteiger partial charge in [0, 0.05) is 43.6 Å². The van der Waals surface area contributed by atoms with Crippen molar-refractivity contribution in [2.75, 3.05) is 76.0 Å². The van der Waals surface area contributed by atoms with Gasteiger partial charge in [-0.1, -0.05) is 84.6 Å². The van der Waals surface area contributed by atoms with Crippen LogP contribution in [0.1, 0.15) is 52.4 Å². The zero-order valence-electron chi connectivity index (χ0n) is 39.7. The van der Waals surface area contributed by atoms with Crippen molar-refractivity contribution in [2.45, 2.75) is 36.1 Å². The minimum Gasteiger partial charge on any atom is -0.508 e. The van der Waals surface area contributed by atoms with Crippen LogP contribution in [0, 0.1) is 23.7 Å². The molecule has 2 N–H and O–H groups in total. The monoisotopic (exact) mass is 976 g/mol. The summed E-state index contributed by atoms with van der Waals surface area (Å²) in [6, 6.07) is 32.8. The molecule has 5 aromatic rings. The van der Waals surface area contributed by atoms with Gasteiger partial charge in [-0.25, -0.2) is 9.69 Å². The number of amides is 3. The average Bonchev–Trinajstić information content (AvgIpc) is 3.87. The van der Waals surface area contributed by atoms with E-state index in [1.807, 2.05) is 77.7 Å². The number of phenolic OH excluding ortho intramolecular Hbond substituents is 1. The lowest BCUT2D eigenvalue weighted by atomic mass is 9.65. The van der Waals surface area contributed by atoms with E-state index in [0.717, 1.165) is 24.8 Å². The van der Waals surface area contributed by atoms with Crippen molar-refractivity contribution >= 4 is 52.9 Å². The molecule has 0 unspecified atom stereocenters. The first-order chi connectivity index (χ1) is 35.0. The van der Waals surface area contributed by atoms with Gasteiger partial charge in [-0.05, 0) is 76.9 Å². The highest BCUT2D eigenvalue weighted by molar-refractivity contribution is 6.24. The summed E-state index contributed by atoms with van der Waals surface area (Å²) in [5.41, 5.74) is 1.30. The second-order valence-corrected chi connectivity index (χ2v) is 17.6. The van der Waals surface area contributed by atoms with E-state index < -0.39 is 77.3 Å². The Morgan fingerprint density at radius 3 is 2.07 bits per heavy atom. The molecule has 4 aliphatic rings. The summed E-state index contributed by atoms with van der Waals surface area (Å²) in [5, 5.41) is 13.8. The molecule has 1 spiro atoms. The van der Waals surface area contributed by atoms with Crippen LogP contribution >= 0.6 is 0 Å². The second-order valence-electron chi connectivity index (χ2n) is 17.6. The Kier molecular flexibility index (Phi) is 14.4. The topological polar surface area (TPSA) is 200 Å². The summed E-state index contributed by atoms with van der Waals surface area (Å²) in [6.45, 7) is 2.26. The molecule has 4 heterocycles. The van der Waals surface area contributed by atoms with E-state index in [2.05, 4.69) is 22.1 Å². The van der Waals surface area contributed by atoms with Gasteiger partial charge in [0.15, 0.2) is 5.92 Å². The molecule has 17 nitrogen and oxygen atoms in total. The standard InChI is InChI=1S/C55H52N4O13/c1-67-31-32-71-54(66)58-43-26-17-34(11-10-16-41(50(62)68-2)51(63)69-3)33-42(43)55(53(58)65)44(49(61)56-38-20-22-39(23-21-38)57-27-29-70-30-28-57)46-52(64)72-47(36-14-8-5-9-15-36)45(35-12-6-4-7-13-35)59(46)48(55)37-18-24-40(60)25-19-37/h4-9,12-15,17-26,33,41,44-48,60H,16,27-32H2,1-3H3,(H,56,61)/t44-,45-,46-,47+,48+,55-/m0/s1. The van der Waals surface area contributed by atoms with Crippen molar-refractivity contribution in [2.24, 2.45) is 11.8 Å². The Bertz CT molecular complexity index is 2880. The maximum absolute atomic E-state index is 16.4. The van der Waals surface area contributed by atoms with E-state index in [9.17, 15) is 19.5 Å². The Morgan fingerprint density at radius 2 is 1.43 bits per heavy atom. The summed E-state index contributed by atoms with van der Waals surface area (Å²) in [7, 11) is 3.71. The van der Waals surface area contributed by atoms with Crippen molar-refractivity contribution in [1.82, 2.24) is 4.90 Å². The first-order valence-electron chi connectivity index (χ1n) is 23.4. The number of aromatic hydroxyl groups is 1. The summed E-state index contributed by atoms with van der Waals surface area (Å²) in [4.78, 5) is 92.4. The maximum atomic E-state index is 16.4. The van der Waals surface area contributed by atoms with Gasteiger partial charge in [-0.15, -0.1) is 0 Å². The molecule has 0 bridgehead atoms. The fourth-order valence-electron chi connectivity index (χ4n) is 10.5. The van der Waals surface area contributed by atoms with Gasteiger partial charge in [0.1, 0.15) is 29.9 Å². The predicted molar refractivity (Wildman–Crippen MR) is 260 cm³/mol. The molecule has 3 saturated heterocycles. The van der Waals surface area contributed by atoms with Crippen LogP contribution in [0.2, 0.25) is 0 Å². The molecule has 0 aromatic heterocycles. The Morgan fingerprint density at radius 1 is 0.778 bits per heavy atom. The van der Waals surface area contributed by atoms with Crippen LogP contribution in [-0.2, 0) is 57.8 Å². The molecule has 9 rings (SSSR count). The summed E-state index contributed by atoms with van der Waals surface area (Å²) in [6.07, 6.45) is -2.35. The van der Waals surface area contributed by atoms with Crippen molar-refractivity contribution in [1.29, 1.82) is 0 Å². The molecule has 4 aliphatic heterocycles.